The highest BCUT2D eigenvalue weighted by Crippen LogP contribution is 2.36. The highest BCUT2D eigenvalue weighted by molar-refractivity contribution is 9.10. The van der Waals surface area contributed by atoms with Crippen LogP contribution in [0.1, 0.15) is 18.1 Å². The van der Waals surface area contributed by atoms with Crippen LogP contribution in [0.15, 0.2) is 22.7 Å². The molecule has 2 atom stereocenters. The molecule has 1 aromatic carbocycles. The fourth-order valence-electron chi connectivity index (χ4n) is 1.95. The number of nitrogens with two attached hydrogens (primary N) is 1. The van der Waals surface area contributed by atoms with Gasteiger partial charge in [0.15, 0.2) is 0 Å². The minimum Gasteiger partial charge on any atom is -0.373 e. The van der Waals surface area contributed by atoms with Gasteiger partial charge >= 0.3 is 0 Å². The summed E-state index contributed by atoms with van der Waals surface area (Å²) >= 11 is 3.33. The van der Waals surface area contributed by atoms with E-state index in [2.05, 4.69) is 15.9 Å². The van der Waals surface area contributed by atoms with Gasteiger partial charge in [0.25, 0.3) is 0 Å². The standard InChI is InChI=1S/C11H13BrFNO/c12-8-1-2-10(13)9(5-8)11-7(6-14)3-4-15-11/h1-2,5,7,11H,3-4,6,14H2. The summed E-state index contributed by atoms with van der Waals surface area (Å²) in [4.78, 5) is 0. The molecule has 0 spiro atoms. The summed E-state index contributed by atoms with van der Waals surface area (Å²) < 4.78 is 20.0. The molecule has 0 aliphatic carbocycles. The Bertz CT molecular complexity index is 358. The minimum absolute atomic E-state index is 0.188. The van der Waals surface area contributed by atoms with Crippen molar-refractivity contribution in [3.63, 3.8) is 0 Å². The molecule has 1 fully saturated rings. The zero-order valence-corrected chi connectivity index (χ0v) is 9.84. The predicted octanol–water partition coefficient (Wildman–Crippen LogP) is 2.62. The molecular weight excluding hydrogens is 261 g/mol. The molecule has 1 heterocycles. The third-order valence-corrected chi connectivity index (χ3v) is 3.27. The van der Waals surface area contributed by atoms with Crippen LogP contribution in [-0.4, -0.2) is 13.2 Å². The van der Waals surface area contributed by atoms with E-state index >= 15 is 0 Å². The number of benzene rings is 1. The smallest absolute Gasteiger partial charge is 0.129 e. The quantitative estimate of drug-likeness (QED) is 0.899. The number of rotatable bonds is 2. The van der Waals surface area contributed by atoms with Crippen LogP contribution in [0.5, 0.6) is 0 Å². The predicted molar refractivity (Wildman–Crippen MR) is 60.0 cm³/mol. The lowest BCUT2D eigenvalue weighted by Crippen LogP contribution is -2.18. The van der Waals surface area contributed by atoms with Crippen molar-refractivity contribution in [3.05, 3.63) is 34.1 Å². The number of ether oxygens (including phenoxy) is 1. The summed E-state index contributed by atoms with van der Waals surface area (Å²) in [6, 6.07) is 4.91. The van der Waals surface area contributed by atoms with E-state index in [0.29, 0.717) is 18.7 Å². The van der Waals surface area contributed by atoms with Crippen molar-refractivity contribution in [2.45, 2.75) is 12.5 Å². The van der Waals surface area contributed by atoms with E-state index in [1.54, 1.807) is 12.1 Å². The molecule has 0 amide bonds. The van der Waals surface area contributed by atoms with Gasteiger partial charge in [-0.25, -0.2) is 4.39 Å². The van der Waals surface area contributed by atoms with Gasteiger partial charge in [0, 0.05) is 22.6 Å². The van der Waals surface area contributed by atoms with Gasteiger partial charge in [-0.2, -0.15) is 0 Å². The van der Waals surface area contributed by atoms with Crippen LogP contribution in [0.2, 0.25) is 0 Å². The van der Waals surface area contributed by atoms with E-state index < -0.39 is 0 Å². The highest BCUT2D eigenvalue weighted by atomic mass is 79.9. The van der Waals surface area contributed by atoms with Crippen molar-refractivity contribution < 1.29 is 9.13 Å². The Morgan fingerprint density at radius 1 is 1.53 bits per heavy atom. The monoisotopic (exact) mass is 273 g/mol. The van der Waals surface area contributed by atoms with Crippen molar-refractivity contribution >= 4 is 15.9 Å². The van der Waals surface area contributed by atoms with E-state index in [1.165, 1.54) is 6.07 Å². The van der Waals surface area contributed by atoms with Gasteiger partial charge in [0.05, 0.1) is 6.10 Å². The summed E-state index contributed by atoms with van der Waals surface area (Å²) in [5.74, 6) is 0.0114. The summed E-state index contributed by atoms with van der Waals surface area (Å²) in [7, 11) is 0. The fraction of sp³-hybridized carbons (Fsp3) is 0.455. The molecule has 1 aliphatic rings. The van der Waals surface area contributed by atoms with Crippen LogP contribution in [0.4, 0.5) is 4.39 Å². The minimum atomic E-state index is -0.219. The van der Waals surface area contributed by atoms with E-state index in [0.717, 1.165) is 10.9 Å². The molecule has 0 radical (unpaired) electrons. The summed E-state index contributed by atoms with van der Waals surface area (Å²) in [6.07, 6.45) is 0.722. The topological polar surface area (TPSA) is 35.2 Å². The molecule has 82 valence electrons. The van der Waals surface area contributed by atoms with Crippen LogP contribution in [0.3, 0.4) is 0 Å². The van der Waals surface area contributed by atoms with Gasteiger partial charge in [0.2, 0.25) is 0 Å². The largest absolute Gasteiger partial charge is 0.373 e. The summed E-state index contributed by atoms with van der Waals surface area (Å²) in [5.41, 5.74) is 6.24. The van der Waals surface area contributed by atoms with Crippen LogP contribution in [-0.2, 0) is 4.74 Å². The Hall–Kier alpha value is -0.450. The van der Waals surface area contributed by atoms with Crippen LogP contribution < -0.4 is 5.73 Å². The average molecular weight is 274 g/mol. The molecule has 0 saturated carbocycles. The molecule has 2 rings (SSSR count). The van der Waals surface area contributed by atoms with Crippen LogP contribution >= 0.6 is 15.9 Å². The first-order chi connectivity index (χ1) is 7.22. The molecule has 0 aromatic heterocycles. The van der Waals surface area contributed by atoms with Gasteiger partial charge in [-0.3, -0.25) is 0 Å². The normalized spacial score (nSPS) is 25.8. The van der Waals surface area contributed by atoms with E-state index in [4.69, 9.17) is 10.5 Å². The zero-order chi connectivity index (χ0) is 10.8. The highest BCUT2D eigenvalue weighted by Gasteiger charge is 2.30. The number of hydrogen-bond acceptors (Lipinski definition) is 2. The van der Waals surface area contributed by atoms with Crippen LogP contribution in [0.25, 0.3) is 0 Å². The molecule has 0 bridgehead atoms. The van der Waals surface area contributed by atoms with Gasteiger partial charge < -0.3 is 10.5 Å². The van der Waals surface area contributed by atoms with E-state index in [9.17, 15) is 4.39 Å². The number of halogens is 2. The molecule has 4 heteroatoms. The first-order valence-corrected chi connectivity index (χ1v) is 5.78. The third kappa shape index (κ3) is 2.22. The van der Waals surface area contributed by atoms with Crippen molar-refractivity contribution in [1.82, 2.24) is 0 Å². The van der Waals surface area contributed by atoms with Gasteiger partial charge in [-0.1, -0.05) is 15.9 Å². The van der Waals surface area contributed by atoms with Crippen molar-refractivity contribution in [2.24, 2.45) is 11.7 Å². The molecule has 15 heavy (non-hydrogen) atoms. The molecule has 1 aromatic rings. The number of hydrogen-bond donors (Lipinski definition) is 1. The van der Waals surface area contributed by atoms with Crippen molar-refractivity contribution in [1.29, 1.82) is 0 Å². The second kappa shape index (κ2) is 4.60. The Morgan fingerprint density at radius 3 is 3.07 bits per heavy atom. The third-order valence-electron chi connectivity index (χ3n) is 2.78. The second-order valence-corrected chi connectivity index (χ2v) is 4.66. The lowest BCUT2D eigenvalue weighted by atomic mass is 9.95. The first-order valence-electron chi connectivity index (χ1n) is 4.99. The van der Waals surface area contributed by atoms with Crippen molar-refractivity contribution in [3.8, 4) is 0 Å². The average Bonchev–Trinajstić information content (AvgIpc) is 2.69. The fourth-order valence-corrected chi connectivity index (χ4v) is 2.33. The molecule has 2 unspecified atom stereocenters. The maximum Gasteiger partial charge on any atom is 0.129 e. The zero-order valence-electron chi connectivity index (χ0n) is 8.25. The maximum absolute atomic E-state index is 13.6. The van der Waals surface area contributed by atoms with Crippen LogP contribution in [0, 0.1) is 11.7 Å². The van der Waals surface area contributed by atoms with Gasteiger partial charge in [0.1, 0.15) is 5.82 Å². The first kappa shape index (κ1) is 11.0. The molecule has 2 N–H and O–H groups in total. The summed E-state index contributed by atoms with van der Waals surface area (Å²) in [6.45, 7) is 1.20. The maximum atomic E-state index is 13.6. The molecule has 2 nitrogen and oxygen atoms in total. The molecule has 1 saturated heterocycles. The van der Waals surface area contributed by atoms with Gasteiger partial charge in [-0.15, -0.1) is 0 Å². The van der Waals surface area contributed by atoms with Gasteiger partial charge in [-0.05, 0) is 31.2 Å². The SMILES string of the molecule is NCC1CCOC1c1cc(Br)ccc1F. The summed E-state index contributed by atoms with van der Waals surface area (Å²) in [5, 5.41) is 0. The Kier molecular flexibility index (Phi) is 3.38. The lowest BCUT2D eigenvalue weighted by molar-refractivity contribution is 0.0894. The lowest BCUT2D eigenvalue weighted by Gasteiger charge is -2.18. The molecular formula is C11H13BrFNO. The Labute approximate surface area is 96.7 Å². The Morgan fingerprint density at radius 2 is 2.33 bits per heavy atom. The Balaban J connectivity index is 2.31. The van der Waals surface area contributed by atoms with E-state index in [-0.39, 0.29) is 17.8 Å². The van der Waals surface area contributed by atoms with Crippen molar-refractivity contribution in [2.75, 3.05) is 13.2 Å². The van der Waals surface area contributed by atoms with E-state index in [1.807, 2.05) is 0 Å². The second-order valence-electron chi connectivity index (χ2n) is 3.74. The molecule has 1 aliphatic heterocycles.